The van der Waals surface area contributed by atoms with E-state index in [1.54, 1.807) is 0 Å². The van der Waals surface area contributed by atoms with Gasteiger partial charge in [-0.05, 0) is 35.7 Å². The Morgan fingerprint density at radius 3 is 2.61 bits per heavy atom. The molecule has 0 unspecified atom stereocenters. The van der Waals surface area contributed by atoms with E-state index in [0.29, 0.717) is 0 Å². The van der Waals surface area contributed by atoms with E-state index in [-0.39, 0.29) is 6.61 Å². The topological polar surface area (TPSA) is 58.3 Å². The molecule has 0 aliphatic rings. The molecule has 3 heteroatoms. The summed E-state index contributed by atoms with van der Waals surface area (Å²) in [7, 11) is 0. The first-order valence-corrected chi connectivity index (χ1v) is 5.98. The van der Waals surface area contributed by atoms with Crippen LogP contribution < -0.4 is 11.1 Å². The number of anilines is 2. The average Bonchev–Trinajstić information content (AvgIpc) is 2.41. The van der Waals surface area contributed by atoms with Gasteiger partial charge in [-0.15, -0.1) is 0 Å². The van der Waals surface area contributed by atoms with Crippen molar-refractivity contribution in [2.75, 3.05) is 11.1 Å². The van der Waals surface area contributed by atoms with Gasteiger partial charge in [0.25, 0.3) is 0 Å². The molecule has 0 saturated carbocycles. The number of hydrogen-bond donors (Lipinski definition) is 3. The second-order valence-electron chi connectivity index (χ2n) is 4.35. The Kier molecular flexibility index (Phi) is 3.85. The zero-order valence-electron chi connectivity index (χ0n) is 10.5. The van der Waals surface area contributed by atoms with Crippen molar-refractivity contribution in [2.24, 2.45) is 0 Å². The van der Waals surface area contributed by atoms with Gasteiger partial charge in [0.05, 0.1) is 6.61 Å². The van der Waals surface area contributed by atoms with Crippen molar-refractivity contribution in [3.8, 4) is 0 Å². The molecule has 94 valence electrons. The lowest BCUT2D eigenvalue weighted by atomic mass is 10.1. The monoisotopic (exact) mass is 242 g/mol. The van der Waals surface area contributed by atoms with Gasteiger partial charge in [-0.25, -0.2) is 0 Å². The van der Waals surface area contributed by atoms with Gasteiger partial charge in [0.15, 0.2) is 0 Å². The molecule has 18 heavy (non-hydrogen) atoms. The van der Waals surface area contributed by atoms with Crippen LogP contribution in [0.15, 0.2) is 42.5 Å². The number of nitrogens with one attached hydrogen (secondary N) is 1. The van der Waals surface area contributed by atoms with E-state index in [2.05, 4.69) is 5.32 Å². The molecule has 0 spiro atoms. The molecule has 0 heterocycles. The van der Waals surface area contributed by atoms with Gasteiger partial charge >= 0.3 is 0 Å². The molecule has 0 amide bonds. The highest BCUT2D eigenvalue weighted by Crippen LogP contribution is 2.21. The van der Waals surface area contributed by atoms with Gasteiger partial charge in [-0.2, -0.15) is 0 Å². The second kappa shape index (κ2) is 5.56. The first-order valence-electron chi connectivity index (χ1n) is 5.98. The van der Waals surface area contributed by atoms with Crippen LogP contribution in [0.2, 0.25) is 0 Å². The SMILES string of the molecule is Cc1c(N)cccc1NCc1cccc(CO)c1. The van der Waals surface area contributed by atoms with E-state index >= 15 is 0 Å². The number of aliphatic hydroxyl groups excluding tert-OH is 1. The summed E-state index contributed by atoms with van der Waals surface area (Å²) in [5, 5.41) is 12.5. The van der Waals surface area contributed by atoms with Gasteiger partial charge in [0.2, 0.25) is 0 Å². The molecule has 2 aromatic rings. The van der Waals surface area contributed by atoms with Crippen molar-refractivity contribution < 1.29 is 5.11 Å². The van der Waals surface area contributed by atoms with Crippen LogP contribution in [-0.2, 0) is 13.2 Å². The van der Waals surface area contributed by atoms with Crippen LogP contribution >= 0.6 is 0 Å². The van der Waals surface area contributed by atoms with Crippen molar-refractivity contribution in [2.45, 2.75) is 20.1 Å². The van der Waals surface area contributed by atoms with Crippen LogP contribution in [0, 0.1) is 6.92 Å². The zero-order chi connectivity index (χ0) is 13.0. The zero-order valence-corrected chi connectivity index (χ0v) is 10.5. The normalized spacial score (nSPS) is 10.3. The average molecular weight is 242 g/mol. The van der Waals surface area contributed by atoms with E-state index < -0.39 is 0 Å². The van der Waals surface area contributed by atoms with Crippen LogP contribution in [-0.4, -0.2) is 5.11 Å². The maximum atomic E-state index is 9.09. The van der Waals surface area contributed by atoms with Crippen molar-refractivity contribution in [1.29, 1.82) is 0 Å². The maximum Gasteiger partial charge on any atom is 0.0681 e. The first kappa shape index (κ1) is 12.5. The van der Waals surface area contributed by atoms with Crippen molar-refractivity contribution >= 4 is 11.4 Å². The van der Waals surface area contributed by atoms with Crippen molar-refractivity contribution in [1.82, 2.24) is 0 Å². The molecule has 2 aromatic carbocycles. The van der Waals surface area contributed by atoms with Crippen LogP contribution in [0.5, 0.6) is 0 Å². The highest BCUT2D eigenvalue weighted by molar-refractivity contribution is 5.62. The van der Waals surface area contributed by atoms with Gasteiger partial charge in [0.1, 0.15) is 0 Å². The quantitative estimate of drug-likeness (QED) is 0.722. The van der Waals surface area contributed by atoms with E-state index in [1.807, 2.05) is 49.4 Å². The summed E-state index contributed by atoms with van der Waals surface area (Å²) in [6.07, 6.45) is 0. The Bertz CT molecular complexity index is 538. The summed E-state index contributed by atoms with van der Waals surface area (Å²) in [6, 6.07) is 13.7. The maximum absolute atomic E-state index is 9.09. The lowest BCUT2D eigenvalue weighted by Gasteiger charge is -2.11. The Balaban J connectivity index is 2.09. The van der Waals surface area contributed by atoms with Gasteiger partial charge in [0, 0.05) is 17.9 Å². The summed E-state index contributed by atoms with van der Waals surface area (Å²) in [6.45, 7) is 2.80. The third kappa shape index (κ3) is 2.81. The fourth-order valence-corrected chi connectivity index (χ4v) is 1.88. The summed E-state index contributed by atoms with van der Waals surface area (Å²) < 4.78 is 0. The minimum absolute atomic E-state index is 0.0746. The number of rotatable bonds is 4. The molecule has 0 bridgehead atoms. The summed E-state index contributed by atoms with van der Waals surface area (Å²) in [5.41, 5.74) is 10.8. The Morgan fingerprint density at radius 1 is 1.11 bits per heavy atom. The van der Waals surface area contributed by atoms with E-state index in [9.17, 15) is 0 Å². The first-order chi connectivity index (χ1) is 8.70. The van der Waals surface area contributed by atoms with E-state index in [1.165, 1.54) is 0 Å². The summed E-state index contributed by atoms with van der Waals surface area (Å²) in [5.74, 6) is 0. The molecular weight excluding hydrogens is 224 g/mol. The fourth-order valence-electron chi connectivity index (χ4n) is 1.88. The molecule has 0 aliphatic heterocycles. The Labute approximate surface area is 107 Å². The minimum atomic E-state index is 0.0746. The standard InChI is InChI=1S/C15H18N2O/c1-11-14(16)6-3-7-15(11)17-9-12-4-2-5-13(8-12)10-18/h2-8,17-18H,9-10,16H2,1H3. The lowest BCUT2D eigenvalue weighted by molar-refractivity contribution is 0.281. The molecular formula is C15H18N2O. The smallest absolute Gasteiger partial charge is 0.0681 e. The molecule has 0 aromatic heterocycles. The molecule has 0 saturated heterocycles. The van der Waals surface area contributed by atoms with E-state index in [4.69, 9.17) is 10.8 Å². The molecule has 0 aliphatic carbocycles. The second-order valence-corrected chi connectivity index (χ2v) is 4.35. The van der Waals surface area contributed by atoms with Gasteiger partial charge in [-0.1, -0.05) is 30.3 Å². The minimum Gasteiger partial charge on any atom is -0.398 e. The lowest BCUT2D eigenvalue weighted by Crippen LogP contribution is -2.03. The Morgan fingerprint density at radius 2 is 1.83 bits per heavy atom. The molecule has 0 atom stereocenters. The fraction of sp³-hybridized carbons (Fsp3) is 0.200. The number of hydrogen-bond acceptors (Lipinski definition) is 3. The summed E-state index contributed by atoms with van der Waals surface area (Å²) in [4.78, 5) is 0. The molecule has 0 fully saturated rings. The molecule has 0 radical (unpaired) electrons. The summed E-state index contributed by atoms with van der Waals surface area (Å²) >= 11 is 0. The number of nitrogen functional groups attached to an aromatic ring is 1. The van der Waals surface area contributed by atoms with Gasteiger partial charge < -0.3 is 16.2 Å². The molecule has 4 N–H and O–H groups in total. The largest absolute Gasteiger partial charge is 0.398 e. The van der Waals surface area contributed by atoms with Crippen LogP contribution in [0.4, 0.5) is 11.4 Å². The van der Waals surface area contributed by atoms with Crippen molar-refractivity contribution in [3.05, 3.63) is 59.2 Å². The van der Waals surface area contributed by atoms with Gasteiger partial charge in [-0.3, -0.25) is 0 Å². The van der Waals surface area contributed by atoms with Crippen molar-refractivity contribution in [3.63, 3.8) is 0 Å². The van der Waals surface area contributed by atoms with E-state index in [0.717, 1.165) is 34.6 Å². The molecule has 3 nitrogen and oxygen atoms in total. The predicted molar refractivity (Wildman–Crippen MR) is 75.3 cm³/mol. The third-order valence-corrected chi connectivity index (χ3v) is 3.03. The van der Waals surface area contributed by atoms with Crippen LogP contribution in [0.1, 0.15) is 16.7 Å². The number of aliphatic hydroxyl groups is 1. The third-order valence-electron chi connectivity index (χ3n) is 3.03. The van der Waals surface area contributed by atoms with Crippen LogP contribution in [0.25, 0.3) is 0 Å². The highest BCUT2D eigenvalue weighted by atomic mass is 16.3. The Hall–Kier alpha value is -2.00. The molecule has 2 rings (SSSR count). The number of nitrogens with two attached hydrogens (primary N) is 1. The predicted octanol–water partition coefficient (Wildman–Crippen LogP) is 2.68. The van der Waals surface area contributed by atoms with Crippen LogP contribution in [0.3, 0.4) is 0 Å². The highest BCUT2D eigenvalue weighted by Gasteiger charge is 2.01. The number of benzene rings is 2.